The predicted octanol–water partition coefficient (Wildman–Crippen LogP) is 1.08. The smallest absolute Gasteiger partial charge is 0.120 e. The lowest BCUT2D eigenvalue weighted by Gasteiger charge is -2.13. The molecular formula is C9H12ClNO2. The van der Waals surface area contributed by atoms with Gasteiger partial charge in [0.25, 0.3) is 0 Å². The van der Waals surface area contributed by atoms with Gasteiger partial charge in [0, 0.05) is 23.0 Å². The summed E-state index contributed by atoms with van der Waals surface area (Å²) in [4.78, 5) is 0. The van der Waals surface area contributed by atoms with E-state index in [0.29, 0.717) is 17.1 Å². The molecule has 0 aliphatic heterocycles. The van der Waals surface area contributed by atoms with E-state index in [1.165, 1.54) is 6.07 Å². The first-order valence-corrected chi connectivity index (χ1v) is 4.36. The zero-order valence-corrected chi connectivity index (χ0v) is 7.83. The van der Waals surface area contributed by atoms with E-state index in [4.69, 9.17) is 22.4 Å². The molecule has 1 atom stereocenters. The topological polar surface area (TPSA) is 66.5 Å². The van der Waals surface area contributed by atoms with Gasteiger partial charge in [0.1, 0.15) is 5.75 Å². The van der Waals surface area contributed by atoms with Crippen LogP contribution in [0.2, 0.25) is 5.02 Å². The molecule has 0 saturated heterocycles. The molecule has 13 heavy (non-hydrogen) atoms. The van der Waals surface area contributed by atoms with Gasteiger partial charge in [0.05, 0.1) is 6.61 Å². The number of benzene rings is 1. The molecule has 0 aromatic heterocycles. The van der Waals surface area contributed by atoms with Crippen molar-refractivity contribution in [3.8, 4) is 5.75 Å². The number of aromatic hydroxyl groups is 1. The number of hydrogen-bond acceptors (Lipinski definition) is 3. The van der Waals surface area contributed by atoms with Crippen LogP contribution >= 0.6 is 11.6 Å². The van der Waals surface area contributed by atoms with Crippen LogP contribution in [0.1, 0.15) is 11.5 Å². The summed E-state index contributed by atoms with van der Waals surface area (Å²) in [6.07, 6.45) is 0. The summed E-state index contributed by atoms with van der Waals surface area (Å²) < 4.78 is 0. The Balaban J connectivity index is 2.99. The van der Waals surface area contributed by atoms with Gasteiger partial charge in [-0.05, 0) is 12.1 Å². The van der Waals surface area contributed by atoms with Crippen molar-refractivity contribution in [2.45, 2.75) is 5.92 Å². The molecule has 0 amide bonds. The summed E-state index contributed by atoms with van der Waals surface area (Å²) in [6, 6.07) is 4.77. The number of phenolic OH excluding ortho intramolecular Hbond substituents is 1. The Kier molecular flexibility index (Phi) is 3.54. The van der Waals surface area contributed by atoms with Crippen LogP contribution in [0, 0.1) is 0 Å². The number of aliphatic hydroxyl groups is 1. The van der Waals surface area contributed by atoms with Crippen molar-refractivity contribution in [2.75, 3.05) is 13.2 Å². The van der Waals surface area contributed by atoms with Gasteiger partial charge in [-0.25, -0.2) is 0 Å². The number of phenols is 1. The van der Waals surface area contributed by atoms with Crippen molar-refractivity contribution in [3.05, 3.63) is 28.8 Å². The zero-order valence-electron chi connectivity index (χ0n) is 7.07. The maximum Gasteiger partial charge on any atom is 0.120 e. The van der Waals surface area contributed by atoms with Crippen LogP contribution in [-0.2, 0) is 0 Å². The van der Waals surface area contributed by atoms with Crippen molar-refractivity contribution < 1.29 is 10.2 Å². The minimum Gasteiger partial charge on any atom is -0.508 e. The van der Waals surface area contributed by atoms with Gasteiger partial charge in [-0.15, -0.1) is 0 Å². The first-order chi connectivity index (χ1) is 6.19. The Morgan fingerprint density at radius 3 is 2.62 bits per heavy atom. The fourth-order valence-electron chi connectivity index (χ4n) is 1.16. The molecule has 0 aliphatic rings. The quantitative estimate of drug-likeness (QED) is 0.686. The van der Waals surface area contributed by atoms with Gasteiger partial charge >= 0.3 is 0 Å². The molecule has 72 valence electrons. The molecule has 0 heterocycles. The van der Waals surface area contributed by atoms with Crippen LogP contribution in [0.4, 0.5) is 0 Å². The van der Waals surface area contributed by atoms with Gasteiger partial charge in [-0.2, -0.15) is 0 Å². The second-order valence-corrected chi connectivity index (χ2v) is 3.25. The Morgan fingerprint density at radius 1 is 1.46 bits per heavy atom. The second kappa shape index (κ2) is 4.46. The standard InChI is InChI=1S/C9H12ClNO2/c10-7-1-2-8(9(13)3-7)6(4-11)5-12/h1-3,6,12-13H,4-5,11H2. The molecule has 1 aromatic carbocycles. The number of hydrogen-bond donors (Lipinski definition) is 3. The lowest BCUT2D eigenvalue weighted by atomic mass is 9.99. The minimum atomic E-state index is -0.225. The average Bonchev–Trinajstić information content (AvgIpc) is 2.10. The number of nitrogens with two attached hydrogens (primary N) is 1. The molecular weight excluding hydrogens is 190 g/mol. The fraction of sp³-hybridized carbons (Fsp3) is 0.333. The first-order valence-electron chi connectivity index (χ1n) is 3.98. The first kappa shape index (κ1) is 10.3. The lowest BCUT2D eigenvalue weighted by Crippen LogP contribution is -2.16. The van der Waals surface area contributed by atoms with E-state index in [1.54, 1.807) is 12.1 Å². The third-order valence-electron chi connectivity index (χ3n) is 1.94. The third kappa shape index (κ3) is 2.34. The van der Waals surface area contributed by atoms with Crippen LogP contribution in [0.25, 0.3) is 0 Å². The highest BCUT2D eigenvalue weighted by molar-refractivity contribution is 6.30. The van der Waals surface area contributed by atoms with E-state index >= 15 is 0 Å². The summed E-state index contributed by atoms with van der Waals surface area (Å²) in [5.41, 5.74) is 6.05. The van der Waals surface area contributed by atoms with Gasteiger partial charge in [-0.3, -0.25) is 0 Å². The van der Waals surface area contributed by atoms with Gasteiger partial charge in [0.15, 0.2) is 0 Å². The van der Waals surface area contributed by atoms with Gasteiger partial charge in [-0.1, -0.05) is 17.7 Å². The average molecular weight is 202 g/mol. The van der Waals surface area contributed by atoms with E-state index in [0.717, 1.165) is 0 Å². The van der Waals surface area contributed by atoms with Gasteiger partial charge in [0.2, 0.25) is 0 Å². The van der Waals surface area contributed by atoms with Crippen molar-refractivity contribution in [1.82, 2.24) is 0 Å². The molecule has 0 fully saturated rings. The summed E-state index contributed by atoms with van der Waals surface area (Å²) in [5.74, 6) is -0.144. The van der Waals surface area contributed by atoms with Crippen LogP contribution in [0.3, 0.4) is 0 Å². The molecule has 0 spiro atoms. The molecule has 4 heteroatoms. The maximum atomic E-state index is 9.47. The third-order valence-corrected chi connectivity index (χ3v) is 2.17. The molecule has 3 nitrogen and oxygen atoms in total. The number of rotatable bonds is 3. The summed E-state index contributed by atoms with van der Waals surface area (Å²) in [7, 11) is 0. The Hall–Kier alpha value is -0.770. The van der Waals surface area contributed by atoms with E-state index in [-0.39, 0.29) is 18.3 Å². The highest BCUT2D eigenvalue weighted by Gasteiger charge is 2.12. The zero-order chi connectivity index (χ0) is 9.84. The molecule has 1 unspecified atom stereocenters. The molecule has 1 aromatic rings. The SMILES string of the molecule is NCC(CO)c1ccc(Cl)cc1O. The molecule has 0 saturated carbocycles. The summed E-state index contributed by atoms with van der Waals surface area (Å²) >= 11 is 5.65. The fourth-order valence-corrected chi connectivity index (χ4v) is 1.33. The van der Waals surface area contributed by atoms with Crippen LogP contribution in [0.15, 0.2) is 18.2 Å². The monoisotopic (exact) mass is 201 g/mol. The second-order valence-electron chi connectivity index (χ2n) is 2.82. The highest BCUT2D eigenvalue weighted by atomic mass is 35.5. The molecule has 4 N–H and O–H groups in total. The Bertz CT molecular complexity index is 287. The van der Waals surface area contributed by atoms with Crippen LogP contribution in [0.5, 0.6) is 5.75 Å². The van der Waals surface area contributed by atoms with Crippen LogP contribution < -0.4 is 5.73 Å². The summed E-state index contributed by atoms with van der Waals surface area (Å²) in [5, 5.41) is 18.9. The Labute approximate surface area is 81.8 Å². The van der Waals surface area contributed by atoms with E-state index in [2.05, 4.69) is 0 Å². The van der Waals surface area contributed by atoms with Crippen LogP contribution in [-0.4, -0.2) is 23.4 Å². The molecule has 0 bridgehead atoms. The summed E-state index contributed by atoms with van der Waals surface area (Å²) in [6.45, 7) is 0.220. The minimum absolute atomic E-state index is 0.0777. The van der Waals surface area contributed by atoms with Crippen molar-refractivity contribution in [2.24, 2.45) is 5.73 Å². The normalized spacial score (nSPS) is 12.8. The molecule has 0 aliphatic carbocycles. The number of halogens is 1. The number of aliphatic hydroxyl groups excluding tert-OH is 1. The van der Waals surface area contributed by atoms with Gasteiger partial charge < -0.3 is 15.9 Å². The van der Waals surface area contributed by atoms with Crippen molar-refractivity contribution in [3.63, 3.8) is 0 Å². The van der Waals surface area contributed by atoms with E-state index in [1.807, 2.05) is 0 Å². The molecule has 1 rings (SSSR count). The maximum absolute atomic E-state index is 9.47. The lowest BCUT2D eigenvalue weighted by molar-refractivity contribution is 0.265. The van der Waals surface area contributed by atoms with E-state index in [9.17, 15) is 5.11 Å². The largest absolute Gasteiger partial charge is 0.508 e. The highest BCUT2D eigenvalue weighted by Crippen LogP contribution is 2.27. The Morgan fingerprint density at radius 2 is 2.15 bits per heavy atom. The van der Waals surface area contributed by atoms with E-state index < -0.39 is 0 Å². The predicted molar refractivity (Wildman–Crippen MR) is 52.0 cm³/mol. The molecule has 0 radical (unpaired) electrons. The van der Waals surface area contributed by atoms with Crippen molar-refractivity contribution >= 4 is 11.6 Å². The van der Waals surface area contributed by atoms with Crippen molar-refractivity contribution in [1.29, 1.82) is 0 Å².